The standard InChI is InChI=1S/C11H11N3S/c1-8-2-3-9(6-10(8)12)15-11-4-5-13-7-14-11/h2-7H,12H2,1H3. The fourth-order valence-electron chi connectivity index (χ4n) is 1.14. The summed E-state index contributed by atoms with van der Waals surface area (Å²) in [5, 5.41) is 0.924. The van der Waals surface area contributed by atoms with Gasteiger partial charge in [-0.05, 0) is 30.7 Å². The van der Waals surface area contributed by atoms with Gasteiger partial charge < -0.3 is 5.73 Å². The Morgan fingerprint density at radius 1 is 1.27 bits per heavy atom. The van der Waals surface area contributed by atoms with Crippen molar-refractivity contribution in [3.8, 4) is 0 Å². The molecule has 0 aliphatic carbocycles. The first-order valence-electron chi connectivity index (χ1n) is 4.56. The van der Waals surface area contributed by atoms with Crippen molar-refractivity contribution in [1.29, 1.82) is 0 Å². The van der Waals surface area contributed by atoms with Crippen LogP contribution in [0.25, 0.3) is 0 Å². The second-order valence-corrected chi connectivity index (χ2v) is 4.26. The molecule has 0 atom stereocenters. The molecule has 0 aliphatic heterocycles. The molecule has 15 heavy (non-hydrogen) atoms. The van der Waals surface area contributed by atoms with Crippen LogP contribution in [-0.2, 0) is 0 Å². The van der Waals surface area contributed by atoms with E-state index in [2.05, 4.69) is 9.97 Å². The molecule has 1 aromatic carbocycles. The van der Waals surface area contributed by atoms with Crippen LogP contribution in [0.15, 0.2) is 46.7 Å². The van der Waals surface area contributed by atoms with Crippen molar-refractivity contribution in [2.45, 2.75) is 16.8 Å². The van der Waals surface area contributed by atoms with E-state index < -0.39 is 0 Å². The molecule has 0 radical (unpaired) electrons. The van der Waals surface area contributed by atoms with Crippen LogP contribution in [0.4, 0.5) is 5.69 Å². The molecule has 2 aromatic rings. The topological polar surface area (TPSA) is 51.8 Å². The van der Waals surface area contributed by atoms with E-state index in [4.69, 9.17) is 5.73 Å². The molecule has 2 rings (SSSR count). The summed E-state index contributed by atoms with van der Waals surface area (Å²) in [6.07, 6.45) is 3.27. The van der Waals surface area contributed by atoms with Crippen LogP contribution in [-0.4, -0.2) is 9.97 Å². The summed E-state index contributed by atoms with van der Waals surface area (Å²) in [5.41, 5.74) is 7.74. The van der Waals surface area contributed by atoms with E-state index in [-0.39, 0.29) is 0 Å². The Morgan fingerprint density at radius 2 is 2.13 bits per heavy atom. The van der Waals surface area contributed by atoms with Crippen LogP contribution in [0.5, 0.6) is 0 Å². The minimum Gasteiger partial charge on any atom is -0.398 e. The molecule has 0 amide bonds. The van der Waals surface area contributed by atoms with E-state index in [1.165, 1.54) is 0 Å². The van der Waals surface area contributed by atoms with Crippen LogP contribution >= 0.6 is 11.8 Å². The number of benzene rings is 1. The molecule has 0 bridgehead atoms. The fraction of sp³-hybridized carbons (Fsp3) is 0.0909. The van der Waals surface area contributed by atoms with Crippen molar-refractivity contribution in [2.75, 3.05) is 5.73 Å². The van der Waals surface area contributed by atoms with E-state index in [1.54, 1.807) is 24.3 Å². The van der Waals surface area contributed by atoms with Crippen LogP contribution in [0.1, 0.15) is 5.56 Å². The highest BCUT2D eigenvalue weighted by atomic mass is 32.2. The number of nitrogen functional groups attached to an aromatic ring is 1. The molecule has 0 spiro atoms. The lowest BCUT2D eigenvalue weighted by Crippen LogP contribution is -1.89. The van der Waals surface area contributed by atoms with Crippen LogP contribution in [0, 0.1) is 6.92 Å². The molecule has 0 saturated carbocycles. The molecule has 0 unspecified atom stereocenters. The zero-order chi connectivity index (χ0) is 10.7. The summed E-state index contributed by atoms with van der Waals surface area (Å²) in [6.45, 7) is 1.99. The molecule has 0 saturated heterocycles. The maximum Gasteiger partial charge on any atom is 0.116 e. The van der Waals surface area contributed by atoms with E-state index in [0.29, 0.717) is 0 Å². The first kappa shape index (κ1) is 9.98. The highest BCUT2D eigenvalue weighted by Crippen LogP contribution is 2.27. The predicted octanol–water partition coefficient (Wildman–Crippen LogP) is 2.52. The maximum atomic E-state index is 5.83. The fourth-order valence-corrected chi connectivity index (χ4v) is 1.93. The monoisotopic (exact) mass is 217 g/mol. The van der Waals surface area contributed by atoms with Gasteiger partial charge in [-0.2, -0.15) is 0 Å². The average molecular weight is 217 g/mol. The van der Waals surface area contributed by atoms with Crippen molar-refractivity contribution in [3.63, 3.8) is 0 Å². The van der Waals surface area contributed by atoms with Gasteiger partial charge in [0.05, 0.1) is 0 Å². The predicted molar refractivity (Wildman–Crippen MR) is 61.7 cm³/mol. The van der Waals surface area contributed by atoms with Crippen LogP contribution < -0.4 is 5.73 Å². The first-order chi connectivity index (χ1) is 7.25. The minimum absolute atomic E-state index is 0.814. The summed E-state index contributed by atoms with van der Waals surface area (Å²) in [6, 6.07) is 7.89. The van der Waals surface area contributed by atoms with Gasteiger partial charge in [-0.15, -0.1) is 0 Å². The highest BCUT2D eigenvalue weighted by molar-refractivity contribution is 7.99. The Hall–Kier alpha value is -1.55. The van der Waals surface area contributed by atoms with Gasteiger partial charge in [0, 0.05) is 16.8 Å². The van der Waals surface area contributed by atoms with E-state index in [1.807, 2.05) is 31.2 Å². The number of nitrogens with zero attached hydrogens (tertiary/aromatic N) is 2. The summed E-state index contributed by atoms with van der Waals surface area (Å²) < 4.78 is 0. The Morgan fingerprint density at radius 3 is 2.80 bits per heavy atom. The van der Waals surface area contributed by atoms with Crippen molar-refractivity contribution >= 4 is 17.4 Å². The van der Waals surface area contributed by atoms with Crippen LogP contribution in [0.2, 0.25) is 0 Å². The molecule has 1 aromatic heterocycles. The number of aromatic nitrogens is 2. The number of aryl methyl sites for hydroxylation is 1. The van der Waals surface area contributed by atoms with Gasteiger partial charge in [0.2, 0.25) is 0 Å². The van der Waals surface area contributed by atoms with Gasteiger partial charge in [0.15, 0.2) is 0 Å². The third kappa shape index (κ3) is 2.47. The Bertz CT molecular complexity index is 457. The second-order valence-electron chi connectivity index (χ2n) is 3.17. The Kier molecular flexibility index (Phi) is 2.87. The summed E-state index contributed by atoms with van der Waals surface area (Å²) in [4.78, 5) is 9.10. The van der Waals surface area contributed by atoms with Gasteiger partial charge in [0.25, 0.3) is 0 Å². The van der Waals surface area contributed by atoms with Gasteiger partial charge in [-0.25, -0.2) is 9.97 Å². The van der Waals surface area contributed by atoms with Crippen molar-refractivity contribution in [1.82, 2.24) is 9.97 Å². The van der Waals surface area contributed by atoms with E-state index >= 15 is 0 Å². The maximum absolute atomic E-state index is 5.83. The van der Waals surface area contributed by atoms with Gasteiger partial charge in [-0.1, -0.05) is 17.8 Å². The molecule has 0 aliphatic rings. The molecule has 0 fully saturated rings. The largest absolute Gasteiger partial charge is 0.398 e. The third-order valence-corrected chi connectivity index (χ3v) is 2.97. The number of rotatable bonds is 2. The number of anilines is 1. The zero-order valence-corrected chi connectivity index (χ0v) is 9.16. The zero-order valence-electron chi connectivity index (χ0n) is 8.34. The van der Waals surface area contributed by atoms with Gasteiger partial charge in [0.1, 0.15) is 11.4 Å². The molecule has 4 heteroatoms. The highest BCUT2D eigenvalue weighted by Gasteiger charge is 2.00. The molecule has 3 nitrogen and oxygen atoms in total. The molecular weight excluding hydrogens is 206 g/mol. The number of hydrogen-bond acceptors (Lipinski definition) is 4. The minimum atomic E-state index is 0.814. The van der Waals surface area contributed by atoms with E-state index in [9.17, 15) is 0 Å². The Balaban J connectivity index is 2.22. The molecule has 76 valence electrons. The van der Waals surface area contributed by atoms with Crippen molar-refractivity contribution in [3.05, 3.63) is 42.4 Å². The van der Waals surface area contributed by atoms with Gasteiger partial charge >= 0.3 is 0 Å². The summed E-state index contributed by atoms with van der Waals surface area (Å²) in [7, 11) is 0. The smallest absolute Gasteiger partial charge is 0.116 e. The summed E-state index contributed by atoms with van der Waals surface area (Å²) in [5.74, 6) is 0. The van der Waals surface area contributed by atoms with E-state index in [0.717, 1.165) is 21.2 Å². The first-order valence-corrected chi connectivity index (χ1v) is 5.37. The molecule has 1 heterocycles. The Labute approximate surface area is 92.8 Å². The summed E-state index contributed by atoms with van der Waals surface area (Å²) >= 11 is 1.58. The lowest BCUT2D eigenvalue weighted by atomic mass is 10.2. The van der Waals surface area contributed by atoms with Gasteiger partial charge in [-0.3, -0.25) is 0 Å². The van der Waals surface area contributed by atoms with Crippen molar-refractivity contribution in [2.24, 2.45) is 0 Å². The number of hydrogen-bond donors (Lipinski definition) is 1. The SMILES string of the molecule is Cc1ccc(Sc2ccncn2)cc1N. The number of nitrogens with two attached hydrogens (primary N) is 1. The second kappa shape index (κ2) is 4.31. The average Bonchev–Trinajstić information content (AvgIpc) is 2.25. The molecular formula is C11H11N3S. The quantitative estimate of drug-likeness (QED) is 0.620. The normalized spacial score (nSPS) is 10.2. The third-order valence-electron chi connectivity index (χ3n) is 2.03. The molecule has 2 N–H and O–H groups in total. The lowest BCUT2D eigenvalue weighted by Gasteiger charge is -2.03. The van der Waals surface area contributed by atoms with Crippen LogP contribution in [0.3, 0.4) is 0 Å². The van der Waals surface area contributed by atoms with Crippen molar-refractivity contribution < 1.29 is 0 Å². The lowest BCUT2D eigenvalue weighted by molar-refractivity contribution is 1.05.